The van der Waals surface area contributed by atoms with Gasteiger partial charge in [0.25, 0.3) is 0 Å². The fraction of sp³-hybridized carbons (Fsp3) is 0.333. The molecule has 0 aliphatic carbocycles. The van der Waals surface area contributed by atoms with Crippen molar-refractivity contribution in [2.75, 3.05) is 7.11 Å². The third-order valence-electron chi connectivity index (χ3n) is 2.67. The van der Waals surface area contributed by atoms with Gasteiger partial charge in [0.1, 0.15) is 5.75 Å². The third-order valence-corrected chi connectivity index (χ3v) is 2.67. The van der Waals surface area contributed by atoms with Gasteiger partial charge in [0.15, 0.2) is 5.82 Å². The number of rotatable bonds is 5. The summed E-state index contributed by atoms with van der Waals surface area (Å²) < 4.78 is 6.48. The number of aryl methyl sites for hydroxylation is 1. The molecule has 0 fully saturated rings. The number of carbonyl (C=O) groups is 1. The van der Waals surface area contributed by atoms with E-state index in [-0.39, 0.29) is 5.56 Å². The molecule has 0 saturated heterocycles. The second-order valence-electron chi connectivity index (χ2n) is 3.95. The van der Waals surface area contributed by atoms with Crippen LogP contribution in [0.4, 0.5) is 0 Å². The van der Waals surface area contributed by atoms with Crippen molar-refractivity contribution in [2.24, 2.45) is 0 Å². The summed E-state index contributed by atoms with van der Waals surface area (Å²) in [6.45, 7) is 2.01. The van der Waals surface area contributed by atoms with Crippen molar-refractivity contribution in [2.45, 2.75) is 19.8 Å². The van der Waals surface area contributed by atoms with E-state index < -0.39 is 5.97 Å². The van der Waals surface area contributed by atoms with Gasteiger partial charge in [-0.05, 0) is 35.0 Å². The first-order valence-corrected chi connectivity index (χ1v) is 5.86. The van der Waals surface area contributed by atoms with Crippen LogP contribution in [0.3, 0.4) is 0 Å². The lowest BCUT2D eigenvalue weighted by Crippen LogP contribution is -2.10. The molecule has 0 unspecified atom stereocenters. The number of nitrogens with zero attached hydrogens (tertiary/aromatic N) is 4. The van der Waals surface area contributed by atoms with Gasteiger partial charge >= 0.3 is 5.97 Å². The Morgan fingerprint density at radius 3 is 2.89 bits per heavy atom. The summed E-state index contributed by atoms with van der Waals surface area (Å²) >= 11 is 0. The largest absolute Gasteiger partial charge is 0.497 e. The Morgan fingerprint density at radius 2 is 2.26 bits per heavy atom. The molecule has 0 radical (unpaired) electrons. The molecule has 1 aromatic heterocycles. The highest BCUT2D eigenvalue weighted by atomic mass is 16.5. The number of aromatic carboxylic acids is 1. The molecule has 0 aliphatic rings. The Hall–Kier alpha value is -2.44. The quantitative estimate of drug-likeness (QED) is 0.874. The van der Waals surface area contributed by atoms with Gasteiger partial charge in [0, 0.05) is 6.42 Å². The normalized spacial score (nSPS) is 10.4. The van der Waals surface area contributed by atoms with Crippen LogP contribution in [0.25, 0.3) is 5.69 Å². The van der Waals surface area contributed by atoms with Gasteiger partial charge in [-0.2, -0.15) is 4.68 Å². The van der Waals surface area contributed by atoms with Gasteiger partial charge in [0.2, 0.25) is 0 Å². The number of aromatic nitrogens is 4. The van der Waals surface area contributed by atoms with Crippen molar-refractivity contribution < 1.29 is 14.6 Å². The number of carboxylic acid groups (broad SMARTS) is 1. The molecule has 0 aliphatic heterocycles. The van der Waals surface area contributed by atoms with E-state index in [0.29, 0.717) is 23.7 Å². The number of tetrazole rings is 1. The molecule has 7 nitrogen and oxygen atoms in total. The second-order valence-corrected chi connectivity index (χ2v) is 3.95. The van der Waals surface area contributed by atoms with Crippen LogP contribution in [0.2, 0.25) is 0 Å². The molecular formula is C12H14N4O3. The lowest BCUT2D eigenvalue weighted by atomic mass is 10.1. The number of hydrogen-bond acceptors (Lipinski definition) is 5. The van der Waals surface area contributed by atoms with Crippen LogP contribution in [0.15, 0.2) is 18.2 Å². The van der Waals surface area contributed by atoms with Gasteiger partial charge in [-0.25, -0.2) is 4.79 Å². The van der Waals surface area contributed by atoms with Crippen molar-refractivity contribution in [3.63, 3.8) is 0 Å². The molecule has 1 heterocycles. The molecule has 0 atom stereocenters. The summed E-state index contributed by atoms with van der Waals surface area (Å²) in [5.74, 6) is 0.0632. The smallest absolute Gasteiger partial charge is 0.338 e. The Bertz CT molecular complexity index is 594. The predicted molar refractivity (Wildman–Crippen MR) is 66.7 cm³/mol. The van der Waals surface area contributed by atoms with Gasteiger partial charge in [-0.15, -0.1) is 5.10 Å². The van der Waals surface area contributed by atoms with Gasteiger partial charge < -0.3 is 9.84 Å². The maximum atomic E-state index is 11.3. The molecule has 0 spiro atoms. The van der Waals surface area contributed by atoms with Crippen molar-refractivity contribution in [3.05, 3.63) is 29.6 Å². The highest BCUT2D eigenvalue weighted by molar-refractivity contribution is 5.92. The first kappa shape index (κ1) is 13.0. The van der Waals surface area contributed by atoms with Crippen molar-refractivity contribution in [3.8, 4) is 11.4 Å². The van der Waals surface area contributed by atoms with Crippen LogP contribution >= 0.6 is 0 Å². The molecule has 7 heteroatoms. The molecule has 2 rings (SSSR count). The van der Waals surface area contributed by atoms with E-state index in [1.54, 1.807) is 12.1 Å². The molecule has 1 N–H and O–H groups in total. The second kappa shape index (κ2) is 5.47. The van der Waals surface area contributed by atoms with Crippen LogP contribution in [-0.2, 0) is 6.42 Å². The minimum absolute atomic E-state index is 0.101. The maximum absolute atomic E-state index is 11.3. The highest BCUT2D eigenvalue weighted by Gasteiger charge is 2.17. The Morgan fingerprint density at radius 1 is 1.47 bits per heavy atom. The van der Waals surface area contributed by atoms with E-state index in [4.69, 9.17) is 4.74 Å². The first-order chi connectivity index (χ1) is 9.17. The number of methoxy groups -OCH3 is 1. The Balaban J connectivity index is 2.54. The minimum Gasteiger partial charge on any atom is -0.497 e. The fourth-order valence-corrected chi connectivity index (χ4v) is 1.77. The maximum Gasteiger partial charge on any atom is 0.338 e. The summed E-state index contributed by atoms with van der Waals surface area (Å²) in [7, 11) is 1.49. The van der Waals surface area contributed by atoms with Crippen LogP contribution in [0.1, 0.15) is 29.5 Å². The molecule has 100 valence electrons. The van der Waals surface area contributed by atoms with Gasteiger partial charge in [0.05, 0.1) is 18.4 Å². The van der Waals surface area contributed by atoms with E-state index in [2.05, 4.69) is 15.5 Å². The van der Waals surface area contributed by atoms with Gasteiger partial charge in [-0.1, -0.05) is 6.92 Å². The lowest BCUT2D eigenvalue weighted by Gasteiger charge is -2.09. The average molecular weight is 262 g/mol. The van der Waals surface area contributed by atoms with Gasteiger partial charge in [-0.3, -0.25) is 0 Å². The van der Waals surface area contributed by atoms with Crippen molar-refractivity contribution >= 4 is 5.97 Å². The summed E-state index contributed by atoms with van der Waals surface area (Å²) in [6, 6.07) is 4.77. The number of benzene rings is 1. The lowest BCUT2D eigenvalue weighted by molar-refractivity contribution is 0.0696. The highest BCUT2D eigenvalue weighted by Crippen LogP contribution is 2.21. The summed E-state index contributed by atoms with van der Waals surface area (Å²) in [6.07, 6.45) is 1.55. The van der Waals surface area contributed by atoms with E-state index >= 15 is 0 Å². The van der Waals surface area contributed by atoms with E-state index in [0.717, 1.165) is 6.42 Å². The average Bonchev–Trinajstić information content (AvgIpc) is 2.86. The number of carboxylic acids is 1. The summed E-state index contributed by atoms with van der Waals surface area (Å²) in [5, 5.41) is 20.6. The van der Waals surface area contributed by atoms with Crippen molar-refractivity contribution in [1.82, 2.24) is 20.2 Å². The first-order valence-electron chi connectivity index (χ1n) is 5.86. The number of hydrogen-bond donors (Lipinski definition) is 1. The summed E-state index contributed by atoms with van der Waals surface area (Å²) in [5.41, 5.74) is 0.533. The van der Waals surface area contributed by atoms with Crippen LogP contribution in [-0.4, -0.2) is 38.4 Å². The summed E-state index contributed by atoms with van der Waals surface area (Å²) in [4.78, 5) is 11.3. The molecule has 19 heavy (non-hydrogen) atoms. The molecule has 0 amide bonds. The minimum atomic E-state index is -1.05. The molecule has 2 aromatic rings. The third kappa shape index (κ3) is 2.54. The number of ether oxygens (including phenoxy) is 1. The van der Waals surface area contributed by atoms with E-state index in [9.17, 15) is 9.90 Å². The SMILES string of the molecule is CCCc1nnnn1-c1ccc(OC)cc1C(=O)O. The van der Waals surface area contributed by atoms with E-state index in [1.165, 1.54) is 17.9 Å². The standard InChI is InChI=1S/C12H14N4O3/c1-3-4-11-13-14-15-16(11)10-6-5-8(19-2)7-9(10)12(17)18/h5-7H,3-4H2,1-2H3,(H,17,18). The molecular weight excluding hydrogens is 248 g/mol. The Labute approximate surface area is 109 Å². The fourth-order valence-electron chi connectivity index (χ4n) is 1.77. The monoisotopic (exact) mass is 262 g/mol. The van der Waals surface area contributed by atoms with Crippen LogP contribution in [0, 0.1) is 0 Å². The molecule has 1 aromatic carbocycles. The molecule has 0 saturated carbocycles. The van der Waals surface area contributed by atoms with E-state index in [1.807, 2.05) is 6.92 Å². The van der Waals surface area contributed by atoms with Crippen molar-refractivity contribution in [1.29, 1.82) is 0 Å². The van der Waals surface area contributed by atoms with Crippen LogP contribution in [0.5, 0.6) is 5.75 Å². The zero-order chi connectivity index (χ0) is 13.8. The molecule has 0 bridgehead atoms. The van der Waals surface area contributed by atoms with Crippen LogP contribution < -0.4 is 4.74 Å². The predicted octanol–water partition coefficient (Wildman–Crippen LogP) is 1.32. The Kier molecular flexibility index (Phi) is 3.74. The zero-order valence-corrected chi connectivity index (χ0v) is 10.7. The topological polar surface area (TPSA) is 90.1 Å². The zero-order valence-electron chi connectivity index (χ0n) is 10.7.